The maximum Gasteiger partial charge on any atom is 0.0607 e. The summed E-state index contributed by atoms with van der Waals surface area (Å²) in [5, 5.41) is 21.0. The lowest BCUT2D eigenvalue weighted by Crippen LogP contribution is -2.37. The first-order valence-corrected chi connectivity index (χ1v) is 5.21. The quantitative estimate of drug-likeness (QED) is 0.678. The first-order valence-electron chi connectivity index (χ1n) is 5.21. The van der Waals surface area contributed by atoms with Gasteiger partial charge in [0.1, 0.15) is 0 Å². The van der Waals surface area contributed by atoms with E-state index in [4.69, 9.17) is 10.2 Å². The van der Waals surface area contributed by atoms with Crippen molar-refractivity contribution in [1.82, 2.24) is 5.32 Å². The molecular formula is C12H19NO2. The number of nitrogens with one attached hydrogen (secondary N) is 1. The van der Waals surface area contributed by atoms with E-state index < -0.39 is 0 Å². The van der Waals surface area contributed by atoms with Crippen molar-refractivity contribution in [2.24, 2.45) is 0 Å². The molecule has 1 rings (SSSR count). The van der Waals surface area contributed by atoms with Gasteiger partial charge in [-0.1, -0.05) is 29.8 Å². The molecule has 3 nitrogen and oxygen atoms in total. The Balaban J connectivity index is 2.60. The zero-order valence-electron chi connectivity index (χ0n) is 9.27. The van der Waals surface area contributed by atoms with Crippen LogP contribution in [-0.2, 0) is 0 Å². The number of aliphatic hydroxyl groups excluding tert-OH is 2. The monoisotopic (exact) mass is 209 g/mol. The Morgan fingerprint density at radius 1 is 1.13 bits per heavy atom. The average Bonchev–Trinajstić information content (AvgIpc) is 2.26. The molecule has 0 fully saturated rings. The summed E-state index contributed by atoms with van der Waals surface area (Å²) in [6.07, 6.45) is 0. The minimum absolute atomic E-state index is 0.0489. The third-order valence-corrected chi connectivity index (χ3v) is 2.50. The number of benzene rings is 1. The third-order valence-electron chi connectivity index (χ3n) is 2.50. The lowest BCUT2D eigenvalue weighted by atomic mass is 10.1. The molecule has 84 valence electrons. The lowest BCUT2D eigenvalue weighted by Gasteiger charge is -2.20. The SMILES string of the molecule is Cc1ccc(C(C)NC(CO)CO)cc1. The van der Waals surface area contributed by atoms with Gasteiger partial charge in [0.25, 0.3) is 0 Å². The van der Waals surface area contributed by atoms with Gasteiger partial charge in [-0.3, -0.25) is 0 Å². The smallest absolute Gasteiger partial charge is 0.0607 e. The van der Waals surface area contributed by atoms with Crippen molar-refractivity contribution in [3.8, 4) is 0 Å². The first kappa shape index (κ1) is 12.2. The van der Waals surface area contributed by atoms with E-state index in [0.717, 1.165) is 5.56 Å². The molecule has 0 amide bonds. The molecule has 0 spiro atoms. The van der Waals surface area contributed by atoms with Crippen LogP contribution in [0.3, 0.4) is 0 Å². The predicted molar refractivity (Wildman–Crippen MR) is 60.7 cm³/mol. The van der Waals surface area contributed by atoms with Crippen LogP contribution in [-0.4, -0.2) is 29.5 Å². The second kappa shape index (κ2) is 5.85. The Bertz CT molecular complexity index is 280. The standard InChI is InChI=1S/C12H19NO2/c1-9-3-5-11(6-4-9)10(2)13-12(7-14)8-15/h3-6,10,12-15H,7-8H2,1-2H3. The second-order valence-corrected chi connectivity index (χ2v) is 3.86. The molecule has 15 heavy (non-hydrogen) atoms. The van der Waals surface area contributed by atoms with Crippen LogP contribution < -0.4 is 5.32 Å². The summed E-state index contributed by atoms with van der Waals surface area (Å²) in [6, 6.07) is 8.11. The van der Waals surface area contributed by atoms with E-state index in [1.807, 2.05) is 13.8 Å². The summed E-state index contributed by atoms with van der Waals surface area (Å²) >= 11 is 0. The second-order valence-electron chi connectivity index (χ2n) is 3.86. The number of aryl methyl sites for hydroxylation is 1. The maximum atomic E-state index is 8.94. The van der Waals surface area contributed by atoms with Crippen molar-refractivity contribution in [3.63, 3.8) is 0 Å². The molecule has 0 saturated heterocycles. The topological polar surface area (TPSA) is 52.5 Å². The largest absolute Gasteiger partial charge is 0.395 e. The van der Waals surface area contributed by atoms with Gasteiger partial charge in [0.05, 0.1) is 19.3 Å². The van der Waals surface area contributed by atoms with Gasteiger partial charge >= 0.3 is 0 Å². The zero-order valence-corrected chi connectivity index (χ0v) is 9.27. The summed E-state index contributed by atoms with van der Waals surface area (Å²) in [5.74, 6) is 0. The van der Waals surface area contributed by atoms with Crippen LogP contribution in [0.15, 0.2) is 24.3 Å². The molecular weight excluding hydrogens is 190 g/mol. The molecule has 1 atom stereocenters. The molecule has 3 N–H and O–H groups in total. The van der Waals surface area contributed by atoms with E-state index in [9.17, 15) is 0 Å². The summed E-state index contributed by atoms with van der Waals surface area (Å²) in [7, 11) is 0. The molecule has 0 heterocycles. The molecule has 0 saturated carbocycles. The minimum atomic E-state index is -0.249. The predicted octanol–water partition coefficient (Wildman–Crippen LogP) is 0.999. The Kier molecular flexibility index (Phi) is 4.75. The molecule has 0 aliphatic rings. The van der Waals surface area contributed by atoms with E-state index >= 15 is 0 Å². The molecule has 0 radical (unpaired) electrons. The van der Waals surface area contributed by atoms with Gasteiger partial charge in [0.15, 0.2) is 0 Å². The summed E-state index contributed by atoms with van der Waals surface area (Å²) in [5.41, 5.74) is 2.39. The van der Waals surface area contributed by atoms with Crippen LogP contribution in [0, 0.1) is 6.92 Å². The summed E-state index contributed by atoms with van der Waals surface area (Å²) in [4.78, 5) is 0. The Labute approximate surface area is 90.8 Å². The highest BCUT2D eigenvalue weighted by Crippen LogP contribution is 2.13. The fraction of sp³-hybridized carbons (Fsp3) is 0.500. The maximum absolute atomic E-state index is 8.94. The van der Waals surface area contributed by atoms with E-state index in [1.165, 1.54) is 5.56 Å². The van der Waals surface area contributed by atoms with Crippen LogP contribution in [0.2, 0.25) is 0 Å². The molecule has 0 bridgehead atoms. The minimum Gasteiger partial charge on any atom is -0.395 e. The van der Waals surface area contributed by atoms with Gasteiger partial charge in [0, 0.05) is 6.04 Å². The molecule has 0 aromatic heterocycles. The number of aliphatic hydroxyl groups is 2. The van der Waals surface area contributed by atoms with Crippen molar-refractivity contribution in [2.45, 2.75) is 25.9 Å². The highest BCUT2D eigenvalue weighted by Gasteiger charge is 2.10. The molecule has 1 aromatic rings. The van der Waals surface area contributed by atoms with Crippen molar-refractivity contribution >= 4 is 0 Å². The average molecular weight is 209 g/mol. The molecule has 1 aromatic carbocycles. The molecule has 0 aliphatic carbocycles. The third kappa shape index (κ3) is 3.63. The van der Waals surface area contributed by atoms with Crippen LogP contribution >= 0.6 is 0 Å². The van der Waals surface area contributed by atoms with Crippen molar-refractivity contribution in [3.05, 3.63) is 35.4 Å². The highest BCUT2D eigenvalue weighted by atomic mass is 16.3. The first-order chi connectivity index (χ1) is 7.17. The Hall–Kier alpha value is -0.900. The van der Waals surface area contributed by atoms with Gasteiger partial charge in [0.2, 0.25) is 0 Å². The highest BCUT2D eigenvalue weighted by molar-refractivity contribution is 5.23. The summed E-state index contributed by atoms with van der Waals surface area (Å²) in [6.45, 7) is 3.97. The normalized spacial score (nSPS) is 13.1. The van der Waals surface area contributed by atoms with E-state index in [-0.39, 0.29) is 25.3 Å². The fourth-order valence-electron chi connectivity index (χ4n) is 1.47. The van der Waals surface area contributed by atoms with Crippen molar-refractivity contribution in [1.29, 1.82) is 0 Å². The number of hydrogen-bond acceptors (Lipinski definition) is 3. The van der Waals surface area contributed by atoms with Gasteiger partial charge in [-0.05, 0) is 19.4 Å². The molecule has 1 unspecified atom stereocenters. The Morgan fingerprint density at radius 3 is 2.13 bits per heavy atom. The van der Waals surface area contributed by atoms with Gasteiger partial charge in [-0.25, -0.2) is 0 Å². The van der Waals surface area contributed by atoms with Gasteiger partial charge in [-0.15, -0.1) is 0 Å². The van der Waals surface area contributed by atoms with Crippen LogP contribution in [0.25, 0.3) is 0 Å². The number of hydrogen-bond donors (Lipinski definition) is 3. The molecule has 0 aliphatic heterocycles. The van der Waals surface area contributed by atoms with E-state index in [0.29, 0.717) is 0 Å². The van der Waals surface area contributed by atoms with E-state index in [1.54, 1.807) is 0 Å². The van der Waals surface area contributed by atoms with Crippen molar-refractivity contribution < 1.29 is 10.2 Å². The summed E-state index contributed by atoms with van der Waals surface area (Å²) < 4.78 is 0. The van der Waals surface area contributed by atoms with Gasteiger partial charge in [-0.2, -0.15) is 0 Å². The van der Waals surface area contributed by atoms with Crippen molar-refractivity contribution in [2.75, 3.05) is 13.2 Å². The zero-order chi connectivity index (χ0) is 11.3. The lowest BCUT2D eigenvalue weighted by molar-refractivity contribution is 0.163. The van der Waals surface area contributed by atoms with Crippen LogP contribution in [0.5, 0.6) is 0 Å². The van der Waals surface area contributed by atoms with Crippen LogP contribution in [0.4, 0.5) is 0 Å². The Morgan fingerprint density at radius 2 is 1.67 bits per heavy atom. The van der Waals surface area contributed by atoms with Crippen LogP contribution in [0.1, 0.15) is 24.1 Å². The number of rotatable bonds is 5. The van der Waals surface area contributed by atoms with Gasteiger partial charge < -0.3 is 15.5 Å². The molecule has 3 heteroatoms. The van der Waals surface area contributed by atoms with E-state index in [2.05, 4.69) is 29.6 Å². The fourth-order valence-corrected chi connectivity index (χ4v) is 1.47.